The Morgan fingerprint density at radius 1 is 0.540 bits per heavy atom. The van der Waals surface area contributed by atoms with Crippen molar-refractivity contribution in [3.8, 4) is 23.0 Å². The number of phenols is 2. The van der Waals surface area contributed by atoms with Crippen LogP contribution in [-0.2, 0) is 9.47 Å². The molecule has 0 spiro atoms. The number of rotatable bonds is 9. The maximum absolute atomic E-state index is 14.7. The van der Waals surface area contributed by atoms with Crippen LogP contribution >= 0.6 is 0 Å². The Bertz CT molecular complexity index is 2350. The van der Waals surface area contributed by atoms with Crippen molar-refractivity contribution in [1.29, 1.82) is 0 Å². The third-order valence-electron chi connectivity index (χ3n) is 11.7. The average Bonchev–Trinajstić information content (AvgIpc) is 3.24. The number of hydrogen-bond donors (Lipinski definition) is 12. The van der Waals surface area contributed by atoms with Crippen molar-refractivity contribution >= 4 is 61.2 Å². The molecule has 20 nitrogen and oxygen atoms in total. The third kappa shape index (κ3) is 7.63. The van der Waals surface area contributed by atoms with E-state index in [1.165, 1.54) is 36.4 Å². The number of carbonyl (C=O) groups excluding carboxylic acids is 2. The summed E-state index contributed by atoms with van der Waals surface area (Å²) in [5, 5.41) is 126. The zero-order valence-corrected chi connectivity index (χ0v) is 34.7. The molecule has 0 radical (unpaired) electrons. The minimum absolute atomic E-state index is 0. The Labute approximate surface area is 387 Å². The maximum Gasteiger partial charge on any atom is 2.00 e. The predicted molar refractivity (Wildman–Crippen MR) is 210 cm³/mol. The van der Waals surface area contributed by atoms with E-state index in [0.29, 0.717) is 0 Å². The summed E-state index contributed by atoms with van der Waals surface area (Å²) in [5.74, 6) is -10.1. The van der Waals surface area contributed by atoms with Gasteiger partial charge in [0.05, 0.1) is 46.6 Å². The van der Waals surface area contributed by atoms with Gasteiger partial charge in [0.15, 0.2) is 0 Å². The van der Waals surface area contributed by atoms with Gasteiger partial charge < -0.3 is 83.1 Å². The van der Waals surface area contributed by atoms with E-state index >= 15 is 0 Å². The Hall–Kier alpha value is -4.78. The quantitative estimate of drug-likeness (QED) is 0.0873. The van der Waals surface area contributed by atoms with Gasteiger partial charge in [-0.15, -0.1) is 0 Å². The van der Waals surface area contributed by atoms with E-state index in [2.05, 4.69) is 0 Å². The first kappa shape index (κ1) is 46.2. The van der Waals surface area contributed by atoms with Gasteiger partial charge in [-0.1, -0.05) is 24.3 Å². The molecule has 2 fully saturated rings. The fraction of sp³-hybridized carbons (Fsp3) is 0.333. The van der Waals surface area contributed by atoms with Crippen LogP contribution in [0.5, 0.6) is 23.0 Å². The largest absolute Gasteiger partial charge is 2.00 e. The molecule has 0 saturated carbocycles. The van der Waals surface area contributed by atoms with E-state index in [1.807, 2.05) is 0 Å². The first-order valence-corrected chi connectivity index (χ1v) is 19.0. The predicted octanol–water partition coefficient (Wildman–Crippen LogP) is -1.25. The van der Waals surface area contributed by atoms with Crippen LogP contribution in [0.3, 0.4) is 0 Å². The average molecular weight is 905 g/mol. The maximum atomic E-state index is 14.7. The van der Waals surface area contributed by atoms with Crippen molar-refractivity contribution in [2.75, 3.05) is 13.2 Å². The second-order valence-electron chi connectivity index (χ2n) is 15.2. The molecule has 12 N–H and O–H groups in total. The van der Waals surface area contributed by atoms with Gasteiger partial charge in [0, 0.05) is 11.8 Å². The second kappa shape index (κ2) is 17.7. The summed E-state index contributed by atoms with van der Waals surface area (Å²) in [5.41, 5.74) is -2.87. The molecular weight excluding hydrogens is 865 g/mol. The van der Waals surface area contributed by atoms with Crippen molar-refractivity contribution in [3.63, 3.8) is 0 Å². The summed E-state index contributed by atoms with van der Waals surface area (Å²) in [4.78, 5) is 54.2. The van der Waals surface area contributed by atoms with E-state index in [4.69, 9.17) is 18.9 Å². The van der Waals surface area contributed by atoms with Crippen LogP contribution in [0.25, 0.3) is 0 Å². The van der Waals surface area contributed by atoms with Crippen LogP contribution in [-0.4, -0.2) is 197 Å². The molecule has 8 rings (SSSR count). The molecular formula is C42H40CaO20. The molecule has 4 aliphatic rings. The topological polar surface area (TPSA) is 348 Å². The van der Waals surface area contributed by atoms with Crippen LogP contribution in [0.1, 0.15) is 89.5 Å². The summed E-state index contributed by atoms with van der Waals surface area (Å²) < 4.78 is 23.0. The number of aromatic carboxylic acids is 2. The number of carboxylic acid groups (broad SMARTS) is 2. The molecule has 2 heterocycles. The smallest absolute Gasteiger partial charge is 1.00 e. The zero-order chi connectivity index (χ0) is 44.6. The molecule has 0 aromatic heterocycles. The standard InChI is InChI=1S/C42H38O20.Ca.2H/c43-11-23-31(47)35(51)37(53)41(61-23)59-21-5-1-3-15-25(17-7-13(39(55)56)9-19(45)27(17)33(49)29(15)21)26-16-4-2-6-22(60-42-38(54)36(52)32(48)24(12-44)62-42)30(16)34(50)28-18(26)8-14(40(57)58)10-20(28)46;;;/h1-10,23-26,31-32,35-38,41-48,51-54H,11-12H2,(H,55,56)(H,57,58);;;/q;+2;2*-1/t23-,24-,25?,26?,31-,32-,35+,36+,37-,38-,41-,42-;;;/m1.../s1. The van der Waals surface area contributed by atoms with Crippen molar-refractivity contribution in [2.45, 2.75) is 73.2 Å². The van der Waals surface area contributed by atoms with Crippen LogP contribution in [0.4, 0.5) is 0 Å². The van der Waals surface area contributed by atoms with Crippen molar-refractivity contribution < 1.29 is 102 Å². The molecule has 63 heavy (non-hydrogen) atoms. The Morgan fingerprint density at radius 3 is 1.24 bits per heavy atom. The van der Waals surface area contributed by atoms with E-state index in [0.717, 1.165) is 24.3 Å². The molecule has 2 aliphatic heterocycles. The summed E-state index contributed by atoms with van der Waals surface area (Å²) in [6.07, 6.45) is -17.7. The number of fused-ring (bicyclic) bond motifs is 4. The van der Waals surface area contributed by atoms with Crippen molar-refractivity contribution in [3.05, 3.63) is 116 Å². The second-order valence-corrected chi connectivity index (χ2v) is 15.2. The number of aliphatic hydroxyl groups is 8. The van der Waals surface area contributed by atoms with Crippen LogP contribution < -0.4 is 9.47 Å². The number of aromatic hydroxyl groups is 2. The first-order chi connectivity index (χ1) is 29.5. The molecule has 0 bridgehead atoms. The molecule has 2 aliphatic carbocycles. The minimum Gasteiger partial charge on any atom is -1.00 e. The van der Waals surface area contributed by atoms with Crippen LogP contribution in [0.2, 0.25) is 0 Å². The normalized spacial score (nSPS) is 29.6. The SMILES string of the molecule is O=C(O)c1cc(O)c2c(c1)C(C1c3cc(C(=O)O)cc(O)c3C(=O)c3c(O[C@@H]4O[C@H](CO)[C@@H](O)[C@H](O)[C@H]4O)cccc31)c1cccc(O[C@@H]3O[C@H](CO)[C@@H](O)[C@H](O)[C@H]3O)c1C2=O.[Ca+2].[H-].[H-]. The van der Waals surface area contributed by atoms with Gasteiger partial charge in [0.1, 0.15) is 71.8 Å². The summed E-state index contributed by atoms with van der Waals surface area (Å²) in [6.45, 7) is -1.64. The van der Waals surface area contributed by atoms with Gasteiger partial charge in [-0.25, -0.2) is 9.59 Å². The number of hydrogen-bond acceptors (Lipinski definition) is 18. The molecule has 0 amide bonds. The third-order valence-corrected chi connectivity index (χ3v) is 11.7. The van der Waals surface area contributed by atoms with Crippen molar-refractivity contribution in [1.82, 2.24) is 0 Å². The van der Waals surface area contributed by atoms with Crippen molar-refractivity contribution in [2.24, 2.45) is 0 Å². The molecule has 2 unspecified atom stereocenters. The van der Waals surface area contributed by atoms with Gasteiger partial charge in [0.2, 0.25) is 24.1 Å². The Kier molecular flexibility index (Phi) is 13.0. The van der Waals surface area contributed by atoms with E-state index in [1.54, 1.807) is 0 Å². The van der Waals surface area contributed by atoms with Gasteiger partial charge in [-0.05, 0) is 58.7 Å². The summed E-state index contributed by atoms with van der Waals surface area (Å²) in [7, 11) is 0. The Balaban J connectivity index is 0.00000264. The number of ketones is 2. The number of benzene rings is 4. The Morgan fingerprint density at radius 2 is 0.905 bits per heavy atom. The number of carbonyl (C=O) groups is 4. The fourth-order valence-corrected chi connectivity index (χ4v) is 8.71. The molecule has 330 valence electrons. The molecule has 4 aromatic carbocycles. The van der Waals surface area contributed by atoms with Gasteiger partial charge in [-0.2, -0.15) is 0 Å². The number of aliphatic hydroxyl groups excluding tert-OH is 8. The number of carboxylic acids is 2. The van der Waals surface area contributed by atoms with E-state index in [9.17, 15) is 80.5 Å². The zero-order valence-electron chi connectivity index (χ0n) is 34.5. The summed E-state index contributed by atoms with van der Waals surface area (Å²) >= 11 is 0. The number of phenolic OH excluding ortho intramolecular Hbond substituents is 2. The molecule has 12 atom stereocenters. The molecule has 2 saturated heterocycles. The van der Waals surface area contributed by atoms with Gasteiger partial charge in [0.25, 0.3) is 0 Å². The molecule has 21 heteroatoms. The van der Waals surface area contributed by atoms with Gasteiger partial charge in [-0.3, -0.25) is 9.59 Å². The van der Waals surface area contributed by atoms with E-state index < -0.39 is 144 Å². The fourth-order valence-electron chi connectivity index (χ4n) is 8.71. The minimum atomic E-state index is -1.94. The van der Waals surface area contributed by atoms with Gasteiger partial charge >= 0.3 is 49.7 Å². The van der Waals surface area contributed by atoms with E-state index in [-0.39, 0.29) is 85.5 Å². The monoisotopic (exact) mass is 904 g/mol. The van der Waals surface area contributed by atoms with Crippen LogP contribution in [0, 0.1) is 0 Å². The summed E-state index contributed by atoms with van der Waals surface area (Å²) in [6, 6.07) is 11.9. The molecule has 4 aromatic rings. The number of ether oxygens (including phenoxy) is 4. The first-order valence-electron chi connectivity index (χ1n) is 19.0. The van der Waals surface area contributed by atoms with Crippen LogP contribution in [0.15, 0.2) is 60.7 Å².